The van der Waals surface area contributed by atoms with Crippen LogP contribution in [-0.4, -0.2) is 26.3 Å². The van der Waals surface area contributed by atoms with E-state index in [-0.39, 0.29) is 30.1 Å². The van der Waals surface area contributed by atoms with Crippen molar-refractivity contribution in [2.24, 2.45) is 10.7 Å². The summed E-state index contributed by atoms with van der Waals surface area (Å²) in [5, 5.41) is 3.08. The van der Waals surface area contributed by atoms with Crippen LogP contribution < -0.4 is 25.3 Å². The molecule has 7 heteroatoms. The highest BCUT2D eigenvalue weighted by molar-refractivity contribution is 14.0. The van der Waals surface area contributed by atoms with Gasteiger partial charge in [0.25, 0.3) is 0 Å². The van der Waals surface area contributed by atoms with Crippen molar-refractivity contribution < 1.29 is 14.2 Å². The number of aliphatic imine (C=N–C) groups is 1. The molecule has 1 aliphatic carbocycles. The molecule has 0 radical (unpaired) electrons. The Labute approximate surface area is 183 Å². The lowest BCUT2D eigenvalue weighted by Crippen LogP contribution is -2.22. The van der Waals surface area contributed by atoms with Gasteiger partial charge < -0.3 is 25.3 Å². The van der Waals surface area contributed by atoms with E-state index in [1.807, 2.05) is 42.5 Å². The van der Waals surface area contributed by atoms with Gasteiger partial charge in [0, 0.05) is 17.3 Å². The zero-order chi connectivity index (χ0) is 19.1. The second kappa shape index (κ2) is 11.0. The number of methoxy groups -OCH3 is 2. The van der Waals surface area contributed by atoms with E-state index >= 15 is 0 Å². The number of hydrogen-bond acceptors (Lipinski definition) is 4. The first-order valence-electron chi connectivity index (χ1n) is 9.23. The number of ether oxygens (including phenoxy) is 3. The van der Waals surface area contributed by atoms with Crippen molar-refractivity contribution in [1.82, 2.24) is 0 Å². The van der Waals surface area contributed by atoms with Gasteiger partial charge in [-0.3, -0.25) is 0 Å². The number of rotatable bonds is 7. The SMILES string of the molecule is COc1cccc(NC(N)=NCc2cccc(OC)c2OC2CCCC2)c1.I. The maximum atomic E-state index is 6.24. The monoisotopic (exact) mass is 497 g/mol. The van der Waals surface area contributed by atoms with Crippen LogP contribution in [-0.2, 0) is 6.54 Å². The molecule has 0 bridgehead atoms. The minimum absolute atomic E-state index is 0. The third-order valence-electron chi connectivity index (χ3n) is 4.63. The number of hydrogen-bond donors (Lipinski definition) is 2. The van der Waals surface area contributed by atoms with Crippen LogP contribution >= 0.6 is 24.0 Å². The molecule has 0 amide bonds. The lowest BCUT2D eigenvalue weighted by Gasteiger charge is -2.18. The molecule has 1 saturated carbocycles. The van der Waals surface area contributed by atoms with E-state index in [0.717, 1.165) is 41.3 Å². The Balaban J connectivity index is 0.00000280. The summed E-state index contributed by atoms with van der Waals surface area (Å²) in [6.07, 6.45) is 4.84. The van der Waals surface area contributed by atoms with Gasteiger partial charge in [-0.15, -0.1) is 24.0 Å². The van der Waals surface area contributed by atoms with Crippen molar-refractivity contribution in [3.05, 3.63) is 48.0 Å². The molecule has 3 N–H and O–H groups in total. The third kappa shape index (κ3) is 5.92. The minimum atomic E-state index is 0. The summed E-state index contributed by atoms with van der Waals surface area (Å²) in [6, 6.07) is 13.4. The molecule has 3 rings (SSSR count). The largest absolute Gasteiger partial charge is 0.497 e. The number of nitrogens with two attached hydrogens (primary N) is 1. The summed E-state index contributed by atoms with van der Waals surface area (Å²) < 4.78 is 16.9. The Kier molecular flexibility index (Phi) is 8.69. The molecule has 28 heavy (non-hydrogen) atoms. The average molecular weight is 497 g/mol. The van der Waals surface area contributed by atoms with Crippen LogP contribution in [0.25, 0.3) is 0 Å². The predicted octanol–water partition coefficient (Wildman–Crippen LogP) is 4.57. The summed E-state index contributed by atoms with van der Waals surface area (Å²) in [7, 11) is 3.29. The third-order valence-corrected chi connectivity index (χ3v) is 4.63. The Bertz CT molecular complexity index is 792. The van der Waals surface area contributed by atoms with Crippen LogP contribution in [0.1, 0.15) is 31.2 Å². The van der Waals surface area contributed by atoms with Crippen molar-refractivity contribution in [3.63, 3.8) is 0 Å². The fourth-order valence-corrected chi connectivity index (χ4v) is 3.21. The zero-order valence-corrected chi connectivity index (χ0v) is 18.6. The second-order valence-corrected chi connectivity index (χ2v) is 6.53. The molecule has 2 aromatic carbocycles. The molecule has 0 aromatic heterocycles. The van der Waals surface area contributed by atoms with Crippen LogP contribution in [0.2, 0.25) is 0 Å². The number of para-hydroxylation sites is 1. The summed E-state index contributed by atoms with van der Waals surface area (Å²) in [6.45, 7) is 0.405. The van der Waals surface area contributed by atoms with E-state index in [1.165, 1.54) is 12.8 Å². The summed E-state index contributed by atoms with van der Waals surface area (Å²) in [5.74, 6) is 2.59. The number of anilines is 1. The summed E-state index contributed by atoms with van der Waals surface area (Å²) in [5.41, 5.74) is 7.83. The molecule has 152 valence electrons. The highest BCUT2D eigenvalue weighted by atomic mass is 127. The van der Waals surface area contributed by atoms with Crippen molar-refractivity contribution in [3.8, 4) is 17.2 Å². The minimum Gasteiger partial charge on any atom is -0.497 e. The van der Waals surface area contributed by atoms with Gasteiger partial charge in [0.1, 0.15) is 5.75 Å². The van der Waals surface area contributed by atoms with Gasteiger partial charge in [-0.1, -0.05) is 18.2 Å². The van der Waals surface area contributed by atoms with Gasteiger partial charge in [-0.2, -0.15) is 0 Å². The quantitative estimate of drug-likeness (QED) is 0.333. The van der Waals surface area contributed by atoms with E-state index in [1.54, 1.807) is 14.2 Å². The summed E-state index contributed by atoms with van der Waals surface area (Å²) >= 11 is 0. The van der Waals surface area contributed by atoms with Crippen molar-refractivity contribution in [1.29, 1.82) is 0 Å². The maximum Gasteiger partial charge on any atom is 0.193 e. The fraction of sp³-hybridized carbons (Fsp3) is 0.381. The number of benzene rings is 2. The molecule has 2 aromatic rings. The number of halogens is 1. The topological polar surface area (TPSA) is 78.1 Å². The van der Waals surface area contributed by atoms with Crippen molar-refractivity contribution in [2.75, 3.05) is 19.5 Å². The van der Waals surface area contributed by atoms with Crippen LogP contribution in [0.5, 0.6) is 17.2 Å². The van der Waals surface area contributed by atoms with Crippen molar-refractivity contribution >= 4 is 35.6 Å². The molecular weight excluding hydrogens is 469 g/mol. The van der Waals surface area contributed by atoms with Crippen LogP contribution in [0, 0.1) is 0 Å². The highest BCUT2D eigenvalue weighted by Gasteiger charge is 2.20. The lowest BCUT2D eigenvalue weighted by molar-refractivity contribution is 0.198. The Morgan fingerprint density at radius 1 is 1.11 bits per heavy atom. The molecule has 0 unspecified atom stereocenters. The van der Waals surface area contributed by atoms with Crippen LogP contribution in [0.3, 0.4) is 0 Å². The normalized spacial score (nSPS) is 14.3. The lowest BCUT2D eigenvalue weighted by atomic mass is 10.1. The average Bonchev–Trinajstić information content (AvgIpc) is 3.20. The second-order valence-electron chi connectivity index (χ2n) is 6.53. The van der Waals surface area contributed by atoms with Gasteiger partial charge in [-0.25, -0.2) is 4.99 Å². The zero-order valence-electron chi connectivity index (χ0n) is 16.3. The van der Waals surface area contributed by atoms with Crippen LogP contribution in [0.15, 0.2) is 47.5 Å². The smallest absolute Gasteiger partial charge is 0.193 e. The molecule has 0 atom stereocenters. The number of nitrogens with one attached hydrogen (secondary N) is 1. The Morgan fingerprint density at radius 3 is 2.57 bits per heavy atom. The molecule has 0 spiro atoms. The molecule has 0 saturated heterocycles. The first kappa shape index (κ1) is 22.1. The van der Waals surface area contributed by atoms with Gasteiger partial charge >= 0.3 is 0 Å². The number of guanidine groups is 1. The maximum absolute atomic E-state index is 6.24. The highest BCUT2D eigenvalue weighted by Crippen LogP contribution is 2.35. The van der Waals surface area contributed by atoms with Gasteiger partial charge in [0.15, 0.2) is 17.5 Å². The summed E-state index contributed by atoms with van der Waals surface area (Å²) in [4.78, 5) is 4.46. The molecular formula is C21H28IN3O3. The van der Waals surface area contributed by atoms with Gasteiger partial charge in [-0.05, 0) is 43.9 Å². The van der Waals surface area contributed by atoms with Crippen LogP contribution in [0.4, 0.5) is 5.69 Å². The molecule has 0 aliphatic heterocycles. The fourth-order valence-electron chi connectivity index (χ4n) is 3.21. The van der Waals surface area contributed by atoms with E-state index in [2.05, 4.69) is 10.3 Å². The van der Waals surface area contributed by atoms with Gasteiger partial charge in [0.05, 0.1) is 26.9 Å². The standard InChI is InChI=1S/C21H27N3O3.HI/c1-25-18-11-6-8-16(13-18)24-21(22)23-14-15-7-5-12-19(26-2)20(15)27-17-9-3-4-10-17;/h5-8,11-13,17H,3-4,9-10,14H2,1-2H3,(H3,22,23,24);1H. The van der Waals surface area contributed by atoms with E-state index in [0.29, 0.717) is 12.5 Å². The first-order valence-corrected chi connectivity index (χ1v) is 9.23. The Morgan fingerprint density at radius 2 is 1.86 bits per heavy atom. The molecule has 1 aliphatic rings. The van der Waals surface area contributed by atoms with Crippen molar-refractivity contribution in [2.45, 2.75) is 38.3 Å². The molecule has 0 heterocycles. The number of nitrogens with zero attached hydrogens (tertiary/aromatic N) is 1. The predicted molar refractivity (Wildman–Crippen MR) is 123 cm³/mol. The first-order chi connectivity index (χ1) is 13.2. The molecule has 6 nitrogen and oxygen atoms in total. The van der Waals surface area contributed by atoms with E-state index < -0.39 is 0 Å². The molecule has 1 fully saturated rings. The Hall–Kier alpha value is -2.16. The van der Waals surface area contributed by atoms with E-state index in [4.69, 9.17) is 19.9 Å². The van der Waals surface area contributed by atoms with E-state index in [9.17, 15) is 0 Å². The van der Waals surface area contributed by atoms with Gasteiger partial charge in [0.2, 0.25) is 0 Å².